The summed E-state index contributed by atoms with van der Waals surface area (Å²) in [4.78, 5) is 0. The molecule has 6 rings (SSSR count). The van der Waals surface area contributed by atoms with Crippen molar-refractivity contribution in [2.75, 3.05) is 5.32 Å². The van der Waals surface area contributed by atoms with Crippen LogP contribution < -0.4 is 5.32 Å². The number of anilines is 2. The molecule has 0 atom stereocenters. The minimum Gasteiger partial charge on any atom is -0.356 e. The van der Waals surface area contributed by atoms with Gasteiger partial charge in [-0.3, -0.25) is 0 Å². The molecule has 0 saturated carbocycles. The Bertz CT molecular complexity index is 1810. The maximum absolute atomic E-state index is 3.96. The van der Waals surface area contributed by atoms with Gasteiger partial charge in [-0.05, 0) is 86.0 Å². The first-order chi connectivity index (χ1) is 20.5. The molecule has 0 fully saturated rings. The van der Waals surface area contributed by atoms with Crippen LogP contribution in [0.3, 0.4) is 0 Å². The predicted molar refractivity (Wildman–Crippen MR) is 182 cm³/mol. The zero-order valence-electron chi connectivity index (χ0n) is 24.3. The van der Waals surface area contributed by atoms with Crippen LogP contribution in [0.4, 0.5) is 11.4 Å². The summed E-state index contributed by atoms with van der Waals surface area (Å²) < 4.78 is 0. The van der Waals surface area contributed by atoms with Gasteiger partial charge in [0.05, 0.1) is 0 Å². The molecule has 0 unspecified atom stereocenters. The number of benzene rings is 5. The molecule has 0 saturated heterocycles. The van der Waals surface area contributed by atoms with Gasteiger partial charge < -0.3 is 5.32 Å². The Morgan fingerprint density at radius 3 is 1.90 bits per heavy atom. The van der Waals surface area contributed by atoms with Crippen LogP contribution in [0, 0.1) is 0 Å². The summed E-state index contributed by atoms with van der Waals surface area (Å²) in [5.74, 6) is 0. The summed E-state index contributed by atoms with van der Waals surface area (Å²) in [5, 5.41) is 3.54. The summed E-state index contributed by atoms with van der Waals surface area (Å²) in [7, 11) is 0. The predicted octanol–water partition coefficient (Wildman–Crippen LogP) is 11.2. The quantitative estimate of drug-likeness (QED) is 0.193. The standard InChI is InChI=1S/C41H35N/c1-5-30(6-2)36(32-12-8-7-9-13-32)26-18-29-16-22-34(23-17-29)42-35-24-19-31(20-25-35)33-21-27-38-37-14-10-11-15-39(37)41(3,4)40(38)28-33/h5-28,42H,1-2H2,3-4H3/b26-18+. The van der Waals surface area contributed by atoms with E-state index in [1.165, 1.54) is 33.4 Å². The molecular weight excluding hydrogens is 506 g/mol. The van der Waals surface area contributed by atoms with E-state index in [-0.39, 0.29) is 5.41 Å². The van der Waals surface area contributed by atoms with Gasteiger partial charge in [-0.25, -0.2) is 0 Å². The lowest BCUT2D eigenvalue weighted by atomic mass is 9.81. The molecule has 1 nitrogen and oxygen atoms in total. The third-order valence-corrected chi connectivity index (χ3v) is 8.28. The molecule has 0 aromatic heterocycles. The fourth-order valence-electron chi connectivity index (χ4n) is 5.93. The fourth-order valence-corrected chi connectivity index (χ4v) is 5.93. The molecule has 1 aliphatic rings. The molecular formula is C41H35N. The largest absolute Gasteiger partial charge is 0.356 e. The van der Waals surface area contributed by atoms with E-state index in [4.69, 9.17) is 0 Å². The zero-order chi connectivity index (χ0) is 29.1. The lowest BCUT2D eigenvalue weighted by Gasteiger charge is -2.22. The number of hydrogen-bond donors (Lipinski definition) is 1. The van der Waals surface area contributed by atoms with E-state index < -0.39 is 0 Å². The second-order valence-corrected chi connectivity index (χ2v) is 11.2. The minimum atomic E-state index is 0.00375. The lowest BCUT2D eigenvalue weighted by Crippen LogP contribution is -2.14. The number of rotatable bonds is 8. The molecule has 1 heteroatoms. The van der Waals surface area contributed by atoms with Crippen LogP contribution >= 0.6 is 0 Å². The topological polar surface area (TPSA) is 12.0 Å². The van der Waals surface area contributed by atoms with Gasteiger partial charge in [0.2, 0.25) is 0 Å². The summed E-state index contributed by atoms with van der Waals surface area (Å²) in [6, 6.07) is 43.2. The van der Waals surface area contributed by atoms with E-state index in [0.29, 0.717) is 0 Å². The number of allylic oxidation sites excluding steroid dienone is 5. The summed E-state index contributed by atoms with van der Waals surface area (Å²) >= 11 is 0. The first-order valence-corrected chi connectivity index (χ1v) is 14.4. The molecule has 42 heavy (non-hydrogen) atoms. The molecule has 0 bridgehead atoms. The first kappa shape index (κ1) is 27.1. The summed E-state index contributed by atoms with van der Waals surface area (Å²) in [6.07, 6.45) is 7.96. The van der Waals surface area contributed by atoms with Crippen LogP contribution in [0.15, 0.2) is 158 Å². The first-order valence-electron chi connectivity index (χ1n) is 14.4. The van der Waals surface area contributed by atoms with Crippen LogP contribution in [0.1, 0.15) is 36.1 Å². The Morgan fingerprint density at radius 1 is 0.619 bits per heavy atom. The van der Waals surface area contributed by atoms with Gasteiger partial charge >= 0.3 is 0 Å². The van der Waals surface area contributed by atoms with Crippen molar-refractivity contribution in [3.63, 3.8) is 0 Å². The molecule has 5 aromatic rings. The highest BCUT2D eigenvalue weighted by atomic mass is 14.9. The van der Waals surface area contributed by atoms with Crippen molar-refractivity contribution >= 4 is 23.0 Å². The molecule has 0 spiro atoms. The molecule has 1 aliphatic carbocycles. The SMILES string of the molecule is C=CC(C=C)=C(/C=C/c1ccc(Nc2ccc(-c3ccc4c(c3)C(C)(C)c3ccccc3-4)cc2)cc1)c1ccccc1. The molecule has 0 radical (unpaired) electrons. The van der Waals surface area contributed by atoms with Crippen molar-refractivity contribution in [2.24, 2.45) is 0 Å². The molecule has 1 N–H and O–H groups in total. The molecule has 5 aromatic carbocycles. The van der Waals surface area contributed by atoms with Gasteiger partial charge in [0, 0.05) is 16.8 Å². The van der Waals surface area contributed by atoms with Crippen LogP contribution in [-0.4, -0.2) is 0 Å². The van der Waals surface area contributed by atoms with E-state index in [2.05, 4.69) is 148 Å². The van der Waals surface area contributed by atoms with Gasteiger partial charge in [-0.1, -0.05) is 142 Å². The number of fused-ring (bicyclic) bond motifs is 3. The average molecular weight is 542 g/mol. The Hall–Kier alpha value is -5.14. The van der Waals surface area contributed by atoms with Gasteiger partial charge in [0.15, 0.2) is 0 Å². The van der Waals surface area contributed by atoms with Gasteiger partial charge in [0.1, 0.15) is 0 Å². The lowest BCUT2D eigenvalue weighted by molar-refractivity contribution is 0.660. The van der Waals surface area contributed by atoms with E-state index >= 15 is 0 Å². The van der Waals surface area contributed by atoms with Crippen LogP contribution in [-0.2, 0) is 5.41 Å². The fraction of sp³-hybridized carbons (Fsp3) is 0.0732. The van der Waals surface area contributed by atoms with E-state index in [1.54, 1.807) is 0 Å². The van der Waals surface area contributed by atoms with Crippen molar-refractivity contribution in [1.29, 1.82) is 0 Å². The molecule has 204 valence electrons. The van der Waals surface area contributed by atoms with Gasteiger partial charge in [-0.15, -0.1) is 0 Å². The monoisotopic (exact) mass is 541 g/mol. The van der Waals surface area contributed by atoms with Crippen LogP contribution in [0.2, 0.25) is 0 Å². The second-order valence-electron chi connectivity index (χ2n) is 11.2. The second kappa shape index (κ2) is 11.4. The normalized spacial score (nSPS) is 12.8. The van der Waals surface area contributed by atoms with Crippen molar-refractivity contribution < 1.29 is 0 Å². The highest BCUT2D eigenvalue weighted by molar-refractivity contribution is 5.85. The van der Waals surface area contributed by atoms with Crippen molar-refractivity contribution in [3.8, 4) is 22.3 Å². The van der Waals surface area contributed by atoms with Crippen molar-refractivity contribution in [3.05, 3.63) is 181 Å². The minimum absolute atomic E-state index is 0.00375. The van der Waals surface area contributed by atoms with Crippen molar-refractivity contribution in [2.45, 2.75) is 19.3 Å². The Kier molecular flexibility index (Phi) is 7.33. The van der Waals surface area contributed by atoms with E-state index in [0.717, 1.165) is 33.6 Å². The third kappa shape index (κ3) is 5.18. The van der Waals surface area contributed by atoms with E-state index in [1.807, 2.05) is 30.4 Å². The summed E-state index contributed by atoms with van der Waals surface area (Å²) in [6.45, 7) is 12.6. The third-order valence-electron chi connectivity index (χ3n) is 8.28. The summed E-state index contributed by atoms with van der Waals surface area (Å²) in [5.41, 5.74) is 14.5. The Balaban J connectivity index is 1.17. The highest BCUT2D eigenvalue weighted by Crippen LogP contribution is 2.49. The van der Waals surface area contributed by atoms with Crippen LogP contribution in [0.5, 0.6) is 0 Å². The smallest absolute Gasteiger partial charge is 0.0384 e. The van der Waals surface area contributed by atoms with Gasteiger partial charge in [0.25, 0.3) is 0 Å². The van der Waals surface area contributed by atoms with Crippen molar-refractivity contribution in [1.82, 2.24) is 0 Å². The zero-order valence-corrected chi connectivity index (χ0v) is 24.3. The molecule has 0 heterocycles. The molecule has 0 aliphatic heterocycles. The van der Waals surface area contributed by atoms with E-state index in [9.17, 15) is 0 Å². The Morgan fingerprint density at radius 2 is 1.21 bits per heavy atom. The number of hydrogen-bond acceptors (Lipinski definition) is 1. The number of nitrogens with one attached hydrogen (secondary N) is 1. The van der Waals surface area contributed by atoms with Gasteiger partial charge in [-0.2, -0.15) is 0 Å². The maximum Gasteiger partial charge on any atom is 0.0384 e. The average Bonchev–Trinajstić information content (AvgIpc) is 3.27. The Labute approximate surface area is 249 Å². The maximum atomic E-state index is 3.96. The van der Waals surface area contributed by atoms with Crippen LogP contribution in [0.25, 0.3) is 33.9 Å². The molecule has 0 amide bonds. The highest BCUT2D eigenvalue weighted by Gasteiger charge is 2.35.